The Labute approximate surface area is 73.2 Å². The zero-order valence-corrected chi connectivity index (χ0v) is 6.90. The predicted octanol–water partition coefficient (Wildman–Crippen LogP) is -0.386. The van der Waals surface area contributed by atoms with Crippen molar-refractivity contribution in [2.45, 2.75) is 6.61 Å². The molecule has 2 N–H and O–H groups in total. The second-order valence-electron chi connectivity index (χ2n) is 2.32. The highest BCUT2D eigenvalue weighted by Gasteiger charge is 2.10. The molecule has 13 heavy (non-hydrogen) atoms. The lowest BCUT2D eigenvalue weighted by Gasteiger charge is -2.02. The number of nitrogens with zero attached hydrogens (tertiary/aromatic N) is 1. The molecule has 6 heteroatoms. The number of carboxylic acid groups (broad SMARTS) is 1. The number of H-pyrrole nitrogens is 1. The van der Waals surface area contributed by atoms with E-state index in [4.69, 9.17) is 9.84 Å². The molecule has 0 spiro atoms. The van der Waals surface area contributed by atoms with Gasteiger partial charge in [-0.15, -0.1) is 0 Å². The van der Waals surface area contributed by atoms with Gasteiger partial charge in [-0.25, -0.2) is 14.6 Å². The Hall–Kier alpha value is -1.69. The van der Waals surface area contributed by atoms with Crippen LogP contribution in [0.2, 0.25) is 0 Å². The monoisotopic (exact) mass is 184 g/mol. The van der Waals surface area contributed by atoms with Crippen molar-refractivity contribution in [3.8, 4) is 0 Å². The largest absolute Gasteiger partial charge is 0.478 e. The summed E-state index contributed by atoms with van der Waals surface area (Å²) < 4.78 is 4.71. The Morgan fingerprint density at radius 3 is 3.00 bits per heavy atom. The quantitative estimate of drug-likeness (QED) is 0.667. The van der Waals surface area contributed by atoms with Gasteiger partial charge in [0.25, 0.3) is 0 Å². The smallest absolute Gasteiger partial charge is 0.345 e. The SMILES string of the molecule is COCc1[nH]c(=O)ncc1C(=O)O. The summed E-state index contributed by atoms with van der Waals surface area (Å²) >= 11 is 0. The lowest BCUT2D eigenvalue weighted by Crippen LogP contribution is -2.17. The van der Waals surface area contributed by atoms with Crippen LogP contribution in [0.15, 0.2) is 11.0 Å². The second kappa shape index (κ2) is 3.81. The van der Waals surface area contributed by atoms with Crippen LogP contribution in [0.1, 0.15) is 16.1 Å². The number of nitrogens with one attached hydrogen (secondary N) is 1. The van der Waals surface area contributed by atoms with E-state index < -0.39 is 11.7 Å². The maximum Gasteiger partial charge on any atom is 0.345 e. The van der Waals surface area contributed by atoms with Gasteiger partial charge in [0.15, 0.2) is 0 Å². The zero-order chi connectivity index (χ0) is 9.84. The summed E-state index contributed by atoms with van der Waals surface area (Å²) in [7, 11) is 1.41. The summed E-state index contributed by atoms with van der Waals surface area (Å²) in [4.78, 5) is 26.9. The fourth-order valence-corrected chi connectivity index (χ4v) is 0.872. The minimum absolute atomic E-state index is 0.0411. The molecule has 0 amide bonds. The van der Waals surface area contributed by atoms with E-state index in [-0.39, 0.29) is 17.9 Å². The molecule has 0 fully saturated rings. The van der Waals surface area contributed by atoms with Gasteiger partial charge in [0.2, 0.25) is 0 Å². The van der Waals surface area contributed by atoms with Crippen LogP contribution in [0.5, 0.6) is 0 Å². The first-order valence-electron chi connectivity index (χ1n) is 3.45. The van der Waals surface area contributed by atoms with E-state index >= 15 is 0 Å². The van der Waals surface area contributed by atoms with Gasteiger partial charge in [0.05, 0.1) is 17.9 Å². The summed E-state index contributed by atoms with van der Waals surface area (Å²) in [5.41, 5.74) is -0.423. The molecule has 0 radical (unpaired) electrons. The molecular weight excluding hydrogens is 176 g/mol. The second-order valence-corrected chi connectivity index (χ2v) is 2.32. The minimum Gasteiger partial charge on any atom is -0.478 e. The van der Waals surface area contributed by atoms with Gasteiger partial charge in [-0.1, -0.05) is 0 Å². The Kier molecular flexibility index (Phi) is 2.76. The lowest BCUT2D eigenvalue weighted by molar-refractivity contribution is 0.0690. The molecular formula is C7H8N2O4. The number of carboxylic acids is 1. The first kappa shape index (κ1) is 9.40. The van der Waals surface area contributed by atoms with E-state index in [1.807, 2.05) is 0 Å². The number of methoxy groups -OCH3 is 1. The third-order valence-electron chi connectivity index (χ3n) is 1.41. The van der Waals surface area contributed by atoms with Crippen LogP contribution in [0.3, 0.4) is 0 Å². The van der Waals surface area contributed by atoms with E-state index in [1.165, 1.54) is 7.11 Å². The molecule has 0 aliphatic rings. The number of carbonyl (C=O) groups is 1. The van der Waals surface area contributed by atoms with Crippen molar-refractivity contribution in [3.05, 3.63) is 27.9 Å². The molecule has 6 nitrogen and oxygen atoms in total. The summed E-state index contributed by atoms with van der Waals surface area (Å²) in [5.74, 6) is -1.14. The Bertz CT molecular complexity index is 371. The van der Waals surface area contributed by atoms with Crippen LogP contribution in [0.4, 0.5) is 0 Å². The third-order valence-corrected chi connectivity index (χ3v) is 1.41. The maximum atomic E-state index is 10.7. The molecule has 0 aliphatic heterocycles. The molecule has 1 aromatic heterocycles. The van der Waals surface area contributed by atoms with E-state index in [2.05, 4.69) is 9.97 Å². The fourth-order valence-electron chi connectivity index (χ4n) is 0.872. The molecule has 1 rings (SSSR count). The number of aromatic nitrogens is 2. The minimum atomic E-state index is -1.14. The van der Waals surface area contributed by atoms with Crippen molar-refractivity contribution in [3.63, 3.8) is 0 Å². The van der Waals surface area contributed by atoms with E-state index in [1.54, 1.807) is 0 Å². The lowest BCUT2D eigenvalue weighted by atomic mass is 10.2. The standard InChI is InChI=1S/C7H8N2O4/c1-13-3-5-4(6(10)11)2-8-7(12)9-5/h2H,3H2,1H3,(H,10,11)(H,8,9,12). The normalized spacial score (nSPS) is 9.92. The highest BCUT2D eigenvalue weighted by molar-refractivity contribution is 5.88. The van der Waals surface area contributed by atoms with Crippen molar-refractivity contribution in [1.82, 2.24) is 9.97 Å². The number of ether oxygens (including phenoxy) is 1. The summed E-state index contributed by atoms with van der Waals surface area (Å²) in [6.07, 6.45) is 1.01. The highest BCUT2D eigenvalue weighted by atomic mass is 16.5. The Morgan fingerprint density at radius 1 is 1.77 bits per heavy atom. The molecule has 0 saturated carbocycles. The average molecular weight is 184 g/mol. The van der Waals surface area contributed by atoms with Crippen LogP contribution < -0.4 is 5.69 Å². The topological polar surface area (TPSA) is 92.3 Å². The van der Waals surface area contributed by atoms with Crippen molar-refractivity contribution in [1.29, 1.82) is 0 Å². The van der Waals surface area contributed by atoms with Crippen molar-refractivity contribution in [2.24, 2.45) is 0 Å². The number of hydrogen-bond acceptors (Lipinski definition) is 4. The first-order valence-corrected chi connectivity index (χ1v) is 3.45. The van der Waals surface area contributed by atoms with Crippen LogP contribution >= 0.6 is 0 Å². The summed E-state index contributed by atoms with van der Waals surface area (Å²) in [5, 5.41) is 8.67. The average Bonchev–Trinajstić information content (AvgIpc) is 2.04. The van der Waals surface area contributed by atoms with Gasteiger partial charge in [0.1, 0.15) is 0 Å². The number of aromatic carboxylic acids is 1. The highest BCUT2D eigenvalue weighted by Crippen LogP contribution is 2.02. The number of aromatic amines is 1. The number of rotatable bonds is 3. The van der Waals surface area contributed by atoms with Gasteiger partial charge in [0, 0.05) is 13.3 Å². The molecule has 0 aromatic carbocycles. The zero-order valence-electron chi connectivity index (χ0n) is 6.90. The van der Waals surface area contributed by atoms with Gasteiger partial charge in [-0.3, -0.25) is 0 Å². The van der Waals surface area contributed by atoms with Crippen LogP contribution in [-0.4, -0.2) is 28.2 Å². The molecule has 0 unspecified atom stereocenters. The molecule has 70 valence electrons. The molecule has 0 bridgehead atoms. The summed E-state index contributed by atoms with van der Waals surface area (Å²) in [6, 6.07) is 0. The van der Waals surface area contributed by atoms with Crippen molar-refractivity contribution < 1.29 is 14.6 Å². The van der Waals surface area contributed by atoms with E-state index in [0.717, 1.165) is 6.20 Å². The van der Waals surface area contributed by atoms with Crippen LogP contribution in [0, 0.1) is 0 Å². The van der Waals surface area contributed by atoms with E-state index in [0.29, 0.717) is 0 Å². The van der Waals surface area contributed by atoms with Gasteiger partial charge >= 0.3 is 11.7 Å². The molecule has 0 aliphatic carbocycles. The number of hydrogen-bond donors (Lipinski definition) is 2. The predicted molar refractivity (Wildman–Crippen MR) is 42.5 cm³/mol. The fraction of sp³-hybridized carbons (Fsp3) is 0.286. The Balaban J connectivity index is 3.18. The van der Waals surface area contributed by atoms with Gasteiger partial charge in [-0.05, 0) is 0 Å². The van der Waals surface area contributed by atoms with Gasteiger partial charge in [-0.2, -0.15) is 0 Å². The Morgan fingerprint density at radius 2 is 2.46 bits per heavy atom. The molecule has 1 heterocycles. The van der Waals surface area contributed by atoms with Crippen molar-refractivity contribution in [2.75, 3.05) is 7.11 Å². The molecule has 0 saturated heterocycles. The summed E-state index contributed by atoms with van der Waals surface area (Å²) in [6.45, 7) is 0.0411. The van der Waals surface area contributed by atoms with Crippen LogP contribution in [-0.2, 0) is 11.3 Å². The molecule has 0 atom stereocenters. The first-order chi connectivity index (χ1) is 6.15. The van der Waals surface area contributed by atoms with E-state index in [9.17, 15) is 9.59 Å². The molecule has 1 aromatic rings. The van der Waals surface area contributed by atoms with Crippen LogP contribution in [0.25, 0.3) is 0 Å². The maximum absolute atomic E-state index is 10.7. The van der Waals surface area contributed by atoms with Gasteiger partial charge < -0.3 is 14.8 Å². The van der Waals surface area contributed by atoms with Crippen molar-refractivity contribution >= 4 is 5.97 Å². The third kappa shape index (κ3) is 2.12.